The minimum Gasteiger partial charge on any atom is -0.463 e. The van der Waals surface area contributed by atoms with Crippen LogP contribution >= 0.6 is 7.82 Å². The molecule has 1 atom stereocenters. The number of phosphoric ester groups is 1. The number of ether oxygens (including phenoxy) is 1. The maximum Gasteiger partial charge on any atom is 0.472 e. The molecule has 0 aromatic carbocycles. The smallest absolute Gasteiger partial charge is 0.463 e. The zero-order chi connectivity index (χ0) is 17.4. The zero-order valence-electron chi connectivity index (χ0n) is 14.2. The first kappa shape index (κ1) is 22.5. The molecule has 23 heavy (non-hydrogen) atoms. The molecule has 0 spiro atoms. The summed E-state index contributed by atoms with van der Waals surface area (Å²) in [7, 11) is -4.08. The Morgan fingerprint density at radius 1 is 0.957 bits per heavy atom. The minimum atomic E-state index is -4.08. The van der Waals surface area contributed by atoms with Crippen LogP contribution in [0, 0.1) is 0 Å². The molecule has 0 aromatic heterocycles. The molecular weight excluding hydrogens is 321 g/mol. The molecule has 1 unspecified atom stereocenters. The fraction of sp³-hybridized carbons (Fsp3) is 0.933. The van der Waals surface area contributed by atoms with E-state index in [0.717, 1.165) is 19.3 Å². The van der Waals surface area contributed by atoms with Gasteiger partial charge in [-0.1, -0.05) is 51.9 Å². The van der Waals surface area contributed by atoms with E-state index in [1.165, 1.54) is 32.1 Å². The van der Waals surface area contributed by atoms with E-state index in [1.54, 1.807) is 0 Å². The number of rotatable bonds is 16. The Morgan fingerprint density at radius 3 is 2.13 bits per heavy atom. The lowest BCUT2D eigenvalue weighted by Gasteiger charge is -2.11. The number of hydrogen-bond donors (Lipinski definition) is 2. The topological polar surface area (TPSA) is 108 Å². The van der Waals surface area contributed by atoms with Crippen LogP contribution in [0.25, 0.3) is 0 Å². The van der Waals surface area contributed by atoms with Crippen LogP contribution in [0.2, 0.25) is 0 Å². The van der Waals surface area contributed by atoms with Crippen LogP contribution in [-0.4, -0.2) is 37.2 Å². The molecule has 0 amide bonds. The van der Waals surface area contributed by atoms with Crippen molar-refractivity contribution in [2.75, 3.05) is 26.4 Å². The molecule has 0 radical (unpaired) electrons. The summed E-state index contributed by atoms with van der Waals surface area (Å²) in [5.41, 5.74) is 5.15. The molecule has 8 heteroatoms. The van der Waals surface area contributed by atoms with E-state index in [2.05, 4.69) is 16.0 Å². The molecule has 0 aliphatic heterocycles. The first-order valence-corrected chi connectivity index (χ1v) is 9.99. The highest BCUT2D eigenvalue weighted by Gasteiger charge is 2.20. The van der Waals surface area contributed by atoms with Crippen molar-refractivity contribution in [3.8, 4) is 0 Å². The summed E-state index contributed by atoms with van der Waals surface area (Å²) in [6.45, 7) is 2.02. The second kappa shape index (κ2) is 15.1. The molecule has 3 N–H and O–H groups in total. The van der Waals surface area contributed by atoms with Crippen LogP contribution < -0.4 is 5.73 Å². The highest BCUT2D eigenvalue weighted by atomic mass is 31.2. The van der Waals surface area contributed by atoms with Crippen molar-refractivity contribution in [1.82, 2.24) is 0 Å². The van der Waals surface area contributed by atoms with Gasteiger partial charge in [-0.3, -0.25) is 13.8 Å². The summed E-state index contributed by atoms with van der Waals surface area (Å²) in [5, 5.41) is 0. The third-order valence-electron chi connectivity index (χ3n) is 3.21. The number of hydrogen-bond acceptors (Lipinski definition) is 6. The van der Waals surface area contributed by atoms with E-state index in [4.69, 9.17) is 10.5 Å². The van der Waals surface area contributed by atoms with E-state index < -0.39 is 7.82 Å². The molecule has 0 heterocycles. The van der Waals surface area contributed by atoms with Crippen LogP contribution in [0.5, 0.6) is 0 Å². The summed E-state index contributed by atoms with van der Waals surface area (Å²) in [6.07, 6.45) is 9.68. The third kappa shape index (κ3) is 16.2. The van der Waals surface area contributed by atoms with Crippen molar-refractivity contribution in [3.05, 3.63) is 0 Å². The monoisotopic (exact) mass is 353 g/mol. The first-order valence-electron chi connectivity index (χ1n) is 8.49. The van der Waals surface area contributed by atoms with E-state index >= 15 is 0 Å². The van der Waals surface area contributed by atoms with E-state index in [0.29, 0.717) is 6.42 Å². The fourth-order valence-electron chi connectivity index (χ4n) is 1.99. The molecular formula is C15H32NO6P. The molecule has 0 bridgehead atoms. The fourth-order valence-corrected chi connectivity index (χ4v) is 2.70. The van der Waals surface area contributed by atoms with Crippen LogP contribution in [-0.2, 0) is 23.1 Å². The molecule has 7 nitrogen and oxygen atoms in total. The highest BCUT2D eigenvalue weighted by molar-refractivity contribution is 7.47. The Labute approximate surface area is 139 Å². The molecule has 0 saturated carbocycles. The quantitative estimate of drug-likeness (QED) is 0.249. The average molecular weight is 353 g/mol. The maximum atomic E-state index is 11.5. The standard InChI is InChI=1S/C15H32NO6P/c1-2-3-4-5-6-7-8-9-10-15(17)20-13-14-22-23(18,19)21-12-11-16/h2-14,16H2,1H3,(H,18,19). The SMILES string of the molecule is CCCCCCCCCCC(=O)OCCOP(=O)(O)OCCN. The second-order valence-electron chi connectivity index (χ2n) is 5.37. The van der Waals surface area contributed by atoms with Gasteiger partial charge in [0.25, 0.3) is 0 Å². The van der Waals surface area contributed by atoms with Gasteiger partial charge in [0.05, 0.1) is 13.2 Å². The van der Waals surface area contributed by atoms with Gasteiger partial charge in [-0.15, -0.1) is 0 Å². The van der Waals surface area contributed by atoms with Gasteiger partial charge in [0.1, 0.15) is 6.61 Å². The molecule has 0 aliphatic carbocycles. The van der Waals surface area contributed by atoms with Crippen LogP contribution in [0.3, 0.4) is 0 Å². The minimum absolute atomic E-state index is 0.0631. The summed E-state index contributed by atoms with van der Waals surface area (Å²) in [6, 6.07) is 0. The molecule has 138 valence electrons. The van der Waals surface area contributed by atoms with Gasteiger partial charge in [-0.25, -0.2) is 4.57 Å². The van der Waals surface area contributed by atoms with E-state index in [-0.39, 0.29) is 32.3 Å². The van der Waals surface area contributed by atoms with Crippen molar-refractivity contribution < 1.29 is 28.0 Å². The van der Waals surface area contributed by atoms with Crippen molar-refractivity contribution in [2.45, 2.75) is 64.7 Å². The number of phosphoric acid groups is 1. The third-order valence-corrected chi connectivity index (χ3v) is 4.23. The van der Waals surface area contributed by atoms with E-state index in [1.807, 2.05) is 0 Å². The molecule has 0 aromatic rings. The summed E-state index contributed by atoms with van der Waals surface area (Å²) in [4.78, 5) is 20.7. The summed E-state index contributed by atoms with van der Waals surface area (Å²) in [5.74, 6) is -0.310. The lowest BCUT2D eigenvalue weighted by Crippen LogP contribution is -2.12. The van der Waals surface area contributed by atoms with Crippen molar-refractivity contribution in [1.29, 1.82) is 0 Å². The predicted molar refractivity (Wildman–Crippen MR) is 89.0 cm³/mol. The highest BCUT2D eigenvalue weighted by Crippen LogP contribution is 2.42. The lowest BCUT2D eigenvalue weighted by molar-refractivity contribution is -0.144. The number of nitrogens with two attached hydrogens (primary N) is 1. The van der Waals surface area contributed by atoms with Gasteiger partial charge in [0, 0.05) is 13.0 Å². The van der Waals surface area contributed by atoms with Crippen LogP contribution in [0.15, 0.2) is 0 Å². The molecule has 0 rings (SSSR count). The lowest BCUT2D eigenvalue weighted by atomic mass is 10.1. The van der Waals surface area contributed by atoms with Gasteiger partial charge in [0.15, 0.2) is 0 Å². The number of carbonyl (C=O) groups excluding carboxylic acids is 1. The zero-order valence-corrected chi connectivity index (χ0v) is 15.1. The van der Waals surface area contributed by atoms with Crippen molar-refractivity contribution >= 4 is 13.8 Å². The molecule has 0 fully saturated rings. The molecule has 0 aliphatic rings. The first-order chi connectivity index (χ1) is 11.0. The number of unbranched alkanes of at least 4 members (excludes halogenated alkanes) is 7. The Balaban J connectivity index is 3.42. The average Bonchev–Trinajstić information content (AvgIpc) is 2.52. The van der Waals surface area contributed by atoms with Crippen molar-refractivity contribution in [3.63, 3.8) is 0 Å². The van der Waals surface area contributed by atoms with E-state index in [9.17, 15) is 14.3 Å². The van der Waals surface area contributed by atoms with Crippen LogP contribution in [0.1, 0.15) is 64.7 Å². The summed E-state index contributed by atoms with van der Waals surface area (Å²) < 4.78 is 25.4. The molecule has 0 saturated heterocycles. The van der Waals surface area contributed by atoms with Gasteiger partial charge < -0.3 is 15.4 Å². The second-order valence-corrected chi connectivity index (χ2v) is 6.82. The number of carbonyl (C=O) groups is 1. The Morgan fingerprint density at radius 2 is 1.52 bits per heavy atom. The summed E-state index contributed by atoms with van der Waals surface area (Å²) >= 11 is 0. The normalized spacial score (nSPS) is 13.7. The van der Waals surface area contributed by atoms with Crippen LogP contribution in [0.4, 0.5) is 0 Å². The number of esters is 1. The van der Waals surface area contributed by atoms with Gasteiger partial charge in [0.2, 0.25) is 0 Å². The van der Waals surface area contributed by atoms with Crippen molar-refractivity contribution in [2.24, 2.45) is 5.73 Å². The van der Waals surface area contributed by atoms with Gasteiger partial charge in [-0.05, 0) is 6.42 Å². The Kier molecular flexibility index (Phi) is 14.8. The Hall–Kier alpha value is -0.460. The largest absolute Gasteiger partial charge is 0.472 e. The Bertz CT molecular complexity index is 340. The van der Waals surface area contributed by atoms with Gasteiger partial charge in [-0.2, -0.15) is 0 Å². The van der Waals surface area contributed by atoms with Gasteiger partial charge >= 0.3 is 13.8 Å². The maximum absolute atomic E-state index is 11.5. The predicted octanol–water partition coefficient (Wildman–Crippen LogP) is 3.15.